The quantitative estimate of drug-likeness (QED) is 0.875. The molecule has 0 atom stereocenters. The standard InChI is InChI=1S/C13H15N5O/c1-17-7-11(5-16-17)10-3-2-4-18(8-10)13(19)12-6-14-9-15-12/h3,5-7,9H,2,4,8H2,1H3,(H,14,15). The highest BCUT2D eigenvalue weighted by molar-refractivity contribution is 5.93. The van der Waals surface area contributed by atoms with Crippen LogP contribution in [0.4, 0.5) is 0 Å². The van der Waals surface area contributed by atoms with Gasteiger partial charge in [0.05, 0.1) is 18.7 Å². The Labute approximate surface area is 110 Å². The van der Waals surface area contributed by atoms with Crippen molar-refractivity contribution < 1.29 is 4.79 Å². The van der Waals surface area contributed by atoms with E-state index in [2.05, 4.69) is 21.1 Å². The van der Waals surface area contributed by atoms with Gasteiger partial charge in [0.25, 0.3) is 5.91 Å². The maximum absolute atomic E-state index is 12.2. The SMILES string of the molecule is Cn1cc(C2=CCCN(C(=O)c3cnc[nH]3)C2)cn1. The minimum Gasteiger partial charge on any atom is -0.341 e. The van der Waals surface area contributed by atoms with E-state index in [1.165, 1.54) is 6.33 Å². The lowest BCUT2D eigenvalue weighted by Crippen LogP contribution is -2.35. The number of carbonyl (C=O) groups excluding carboxylic acids is 1. The van der Waals surface area contributed by atoms with Crippen molar-refractivity contribution in [3.63, 3.8) is 0 Å². The number of aromatic nitrogens is 4. The number of nitrogens with one attached hydrogen (secondary N) is 1. The lowest BCUT2D eigenvalue weighted by Gasteiger charge is -2.26. The van der Waals surface area contributed by atoms with E-state index >= 15 is 0 Å². The molecule has 6 heteroatoms. The van der Waals surface area contributed by atoms with Crippen LogP contribution in [0.1, 0.15) is 22.5 Å². The van der Waals surface area contributed by atoms with Gasteiger partial charge in [-0.25, -0.2) is 4.98 Å². The van der Waals surface area contributed by atoms with Crippen LogP contribution in [0.5, 0.6) is 0 Å². The molecule has 0 radical (unpaired) electrons. The smallest absolute Gasteiger partial charge is 0.272 e. The zero-order chi connectivity index (χ0) is 13.2. The molecular formula is C13H15N5O. The van der Waals surface area contributed by atoms with Gasteiger partial charge in [0.1, 0.15) is 5.69 Å². The molecule has 1 aliphatic rings. The predicted molar refractivity (Wildman–Crippen MR) is 70.3 cm³/mol. The third kappa shape index (κ3) is 2.29. The molecule has 98 valence electrons. The fourth-order valence-corrected chi connectivity index (χ4v) is 2.26. The van der Waals surface area contributed by atoms with Crippen molar-refractivity contribution in [1.29, 1.82) is 0 Å². The monoisotopic (exact) mass is 257 g/mol. The fraction of sp³-hybridized carbons (Fsp3) is 0.308. The second-order valence-corrected chi connectivity index (χ2v) is 4.61. The van der Waals surface area contributed by atoms with Gasteiger partial charge < -0.3 is 9.88 Å². The van der Waals surface area contributed by atoms with E-state index < -0.39 is 0 Å². The van der Waals surface area contributed by atoms with E-state index in [4.69, 9.17) is 0 Å². The molecule has 0 saturated heterocycles. The molecule has 0 saturated carbocycles. The largest absolute Gasteiger partial charge is 0.341 e. The number of H-pyrrole nitrogens is 1. The molecule has 0 aromatic carbocycles. The number of aromatic amines is 1. The Morgan fingerprint density at radius 1 is 1.42 bits per heavy atom. The van der Waals surface area contributed by atoms with Crippen LogP contribution in [0.3, 0.4) is 0 Å². The topological polar surface area (TPSA) is 66.8 Å². The van der Waals surface area contributed by atoms with E-state index in [9.17, 15) is 4.79 Å². The molecule has 19 heavy (non-hydrogen) atoms. The fourth-order valence-electron chi connectivity index (χ4n) is 2.26. The Morgan fingerprint density at radius 3 is 3.00 bits per heavy atom. The van der Waals surface area contributed by atoms with Gasteiger partial charge in [0.15, 0.2) is 0 Å². The highest BCUT2D eigenvalue weighted by Crippen LogP contribution is 2.21. The molecular weight excluding hydrogens is 242 g/mol. The molecule has 0 fully saturated rings. The van der Waals surface area contributed by atoms with Gasteiger partial charge in [0.2, 0.25) is 0 Å². The zero-order valence-corrected chi connectivity index (χ0v) is 10.7. The van der Waals surface area contributed by atoms with Crippen molar-refractivity contribution in [3.8, 4) is 0 Å². The lowest BCUT2D eigenvalue weighted by molar-refractivity contribution is 0.0769. The minimum atomic E-state index is -0.00742. The van der Waals surface area contributed by atoms with E-state index in [1.54, 1.807) is 10.9 Å². The maximum Gasteiger partial charge on any atom is 0.272 e. The summed E-state index contributed by atoms with van der Waals surface area (Å²) in [6.07, 6.45) is 9.92. The number of hydrogen-bond acceptors (Lipinski definition) is 3. The van der Waals surface area contributed by atoms with E-state index in [1.807, 2.05) is 24.3 Å². The normalized spacial score (nSPS) is 15.4. The number of carbonyl (C=O) groups is 1. The third-order valence-electron chi connectivity index (χ3n) is 3.24. The molecule has 0 spiro atoms. The molecule has 0 bridgehead atoms. The number of hydrogen-bond donors (Lipinski definition) is 1. The average Bonchev–Trinajstić information content (AvgIpc) is 3.09. The summed E-state index contributed by atoms with van der Waals surface area (Å²) in [5.41, 5.74) is 2.75. The van der Waals surface area contributed by atoms with E-state index in [0.29, 0.717) is 12.2 Å². The van der Waals surface area contributed by atoms with Crippen LogP contribution in [0.15, 0.2) is 31.0 Å². The predicted octanol–water partition coefficient (Wildman–Crippen LogP) is 1.07. The first-order valence-electron chi connectivity index (χ1n) is 6.20. The van der Waals surface area contributed by atoms with Crippen molar-refractivity contribution >= 4 is 11.5 Å². The summed E-state index contributed by atoms with van der Waals surface area (Å²) in [6.45, 7) is 1.35. The van der Waals surface area contributed by atoms with Gasteiger partial charge in [-0.3, -0.25) is 9.48 Å². The van der Waals surface area contributed by atoms with E-state index in [-0.39, 0.29) is 5.91 Å². The molecule has 1 aliphatic heterocycles. The van der Waals surface area contributed by atoms with Gasteiger partial charge in [-0.15, -0.1) is 0 Å². The van der Waals surface area contributed by atoms with Crippen molar-refractivity contribution in [2.45, 2.75) is 6.42 Å². The molecule has 0 aliphatic carbocycles. The van der Waals surface area contributed by atoms with Crippen LogP contribution in [0.2, 0.25) is 0 Å². The van der Waals surface area contributed by atoms with Crippen molar-refractivity contribution in [1.82, 2.24) is 24.6 Å². The molecule has 1 amide bonds. The highest BCUT2D eigenvalue weighted by atomic mass is 16.2. The molecule has 1 N–H and O–H groups in total. The molecule has 3 rings (SSSR count). The Balaban J connectivity index is 1.78. The first-order chi connectivity index (χ1) is 9.24. The van der Waals surface area contributed by atoms with Crippen LogP contribution in [-0.2, 0) is 7.05 Å². The summed E-state index contributed by atoms with van der Waals surface area (Å²) < 4.78 is 1.77. The Morgan fingerprint density at radius 2 is 2.32 bits per heavy atom. The van der Waals surface area contributed by atoms with Crippen LogP contribution < -0.4 is 0 Å². The third-order valence-corrected chi connectivity index (χ3v) is 3.24. The Kier molecular flexibility index (Phi) is 2.91. The molecule has 0 unspecified atom stereocenters. The average molecular weight is 257 g/mol. The summed E-state index contributed by atoms with van der Waals surface area (Å²) >= 11 is 0. The number of imidazole rings is 1. The van der Waals surface area contributed by atoms with Crippen LogP contribution in [-0.4, -0.2) is 43.6 Å². The zero-order valence-electron chi connectivity index (χ0n) is 10.7. The van der Waals surface area contributed by atoms with Crippen LogP contribution in [0.25, 0.3) is 5.57 Å². The summed E-state index contributed by atoms with van der Waals surface area (Å²) in [4.78, 5) is 20.8. The number of nitrogens with zero attached hydrogens (tertiary/aromatic N) is 4. The maximum atomic E-state index is 12.2. The lowest BCUT2D eigenvalue weighted by atomic mass is 10.0. The van der Waals surface area contributed by atoms with Gasteiger partial charge in [-0.1, -0.05) is 6.08 Å². The summed E-state index contributed by atoms with van der Waals surface area (Å²) in [6, 6.07) is 0. The molecule has 2 aromatic heterocycles. The molecule has 6 nitrogen and oxygen atoms in total. The Hall–Kier alpha value is -2.37. The van der Waals surface area contributed by atoms with Crippen molar-refractivity contribution in [2.75, 3.05) is 13.1 Å². The van der Waals surface area contributed by atoms with Crippen molar-refractivity contribution in [3.05, 3.63) is 42.3 Å². The highest BCUT2D eigenvalue weighted by Gasteiger charge is 2.21. The molecule has 2 aromatic rings. The Bertz CT molecular complexity index is 611. The van der Waals surface area contributed by atoms with Crippen LogP contribution in [0, 0.1) is 0 Å². The summed E-state index contributed by atoms with van der Waals surface area (Å²) in [7, 11) is 1.89. The van der Waals surface area contributed by atoms with Crippen LogP contribution >= 0.6 is 0 Å². The first kappa shape index (κ1) is 11.7. The second-order valence-electron chi connectivity index (χ2n) is 4.61. The van der Waals surface area contributed by atoms with Gasteiger partial charge >= 0.3 is 0 Å². The van der Waals surface area contributed by atoms with Crippen molar-refractivity contribution in [2.24, 2.45) is 7.05 Å². The summed E-state index contributed by atoms with van der Waals surface area (Å²) in [5, 5.41) is 4.17. The van der Waals surface area contributed by atoms with E-state index in [0.717, 1.165) is 24.1 Å². The first-order valence-corrected chi connectivity index (χ1v) is 6.20. The minimum absolute atomic E-state index is 0.00742. The second kappa shape index (κ2) is 4.72. The number of aryl methyl sites for hydroxylation is 1. The number of amides is 1. The summed E-state index contributed by atoms with van der Waals surface area (Å²) in [5.74, 6) is -0.00742. The van der Waals surface area contributed by atoms with Gasteiger partial charge in [-0.05, 0) is 12.0 Å². The molecule has 3 heterocycles. The van der Waals surface area contributed by atoms with Gasteiger partial charge in [-0.2, -0.15) is 5.10 Å². The van der Waals surface area contributed by atoms with Gasteiger partial charge in [0, 0.05) is 31.9 Å². The number of rotatable bonds is 2.